The quantitative estimate of drug-likeness (QED) is 0.522. The fourth-order valence-corrected chi connectivity index (χ4v) is 2.82. The zero-order chi connectivity index (χ0) is 18.1. The highest BCUT2D eigenvalue weighted by Crippen LogP contribution is 2.23. The zero-order valence-electron chi connectivity index (χ0n) is 15.7. The molecule has 0 aliphatic carbocycles. The summed E-state index contributed by atoms with van der Waals surface area (Å²) in [4.78, 5) is 14.8. The molecule has 0 aliphatic rings. The fraction of sp³-hybridized carbons (Fsp3) is 0.632. The van der Waals surface area contributed by atoms with Crippen molar-refractivity contribution in [2.45, 2.75) is 47.1 Å². The topological polar surface area (TPSA) is 64.8 Å². The van der Waals surface area contributed by atoms with E-state index < -0.39 is 0 Å². The number of carbonyl (C=O) groups excluding carboxylic acids is 1. The summed E-state index contributed by atoms with van der Waals surface area (Å²) in [5, 5.41) is 0. The lowest BCUT2D eigenvalue weighted by molar-refractivity contribution is 0.0269. The molecule has 0 saturated carbocycles. The van der Waals surface area contributed by atoms with Gasteiger partial charge in [0.25, 0.3) is 0 Å². The van der Waals surface area contributed by atoms with E-state index >= 15 is 0 Å². The van der Waals surface area contributed by atoms with Gasteiger partial charge in [-0.15, -0.1) is 0 Å². The van der Waals surface area contributed by atoms with Gasteiger partial charge in [0.2, 0.25) is 0 Å². The van der Waals surface area contributed by atoms with Crippen molar-refractivity contribution < 1.29 is 14.3 Å². The Labute approximate surface area is 146 Å². The van der Waals surface area contributed by atoms with Crippen molar-refractivity contribution in [3.05, 3.63) is 23.8 Å². The monoisotopic (exact) mass is 336 g/mol. The lowest BCUT2D eigenvalue weighted by atomic mass is 9.98. The number of esters is 1. The first kappa shape index (κ1) is 20.3. The Hall–Kier alpha value is -1.75. The number of hydrogen-bond donors (Lipinski definition) is 1. The van der Waals surface area contributed by atoms with E-state index in [2.05, 4.69) is 32.6 Å². The first-order valence-electron chi connectivity index (χ1n) is 8.91. The minimum Gasteiger partial charge on any atom is -0.493 e. The molecule has 0 radical (unpaired) electrons. The van der Waals surface area contributed by atoms with Crippen molar-refractivity contribution in [1.82, 2.24) is 4.90 Å². The predicted octanol–water partition coefficient (Wildman–Crippen LogP) is 3.58. The van der Waals surface area contributed by atoms with Crippen molar-refractivity contribution >= 4 is 11.7 Å². The number of carbonyl (C=O) groups is 1. The van der Waals surface area contributed by atoms with Gasteiger partial charge in [-0.05, 0) is 38.1 Å². The van der Waals surface area contributed by atoms with Crippen LogP contribution in [0, 0.1) is 5.92 Å². The number of rotatable bonds is 10. The van der Waals surface area contributed by atoms with E-state index in [1.165, 1.54) is 0 Å². The summed E-state index contributed by atoms with van der Waals surface area (Å²) >= 11 is 0. The molecule has 24 heavy (non-hydrogen) atoms. The van der Waals surface area contributed by atoms with Crippen LogP contribution >= 0.6 is 0 Å². The number of nitrogens with two attached hydrogens (primary N) is 1. The molecule has 2 N–H and O–H groups in total. The van der Waals surface area contributed by atoms with Gasteiger partial charge in [-0.25, -0.2) is 4.79 Å². The summed E-state index contributed by atoms with van der Waals surface area (Å²) < 4.78 is 11.1. The molecule has 0 bridgehead atoms. The van der Waals surface area contributed by atoms with E-state index in [0.717, 1.165) is 19.5 Å². The van der Waals surface area contributed by atoms with Crippen molar-refractivity contribution in [3.8, 4) is 5.75 Å². The molecule has 0 fully saturated rings. The van der Waals surface area contributed by atoms with Gasteiger partial charge >= 0.3 is 5.97 Å². The summed E-state index contributed by atoms with van der Waals surface area (Å²) in [7, 11) is 0. The Morgan fingerprint density at radius 3 is 2.42 bits per heavy atom. The van der Waals surface area contributed by atoms with Crippen LogP contribution in [-0.4, -0.2) is 43.2 Å². The van der Waals surface area contributed by atoms with Crippen molar-refractivity contribution in [2.75, 3.05) is 32.0 Å². The van der Waals surface area contributed by atoms with Crippen molar-refractivity contribution in [3.63, 3.8) is 0 Å². The molecule has 1 unspecified atom stereocenters. The third kappa shape index (κ3) is 5.41. The SMILES string of the molecule is CCOc1cc(N)ccc1C(=O)OC[C@H](C(C)CC)N(CC)CC. The molecule has 0 amide bonds. The summed E-state index contributed by atoms with van der Waals surface area (Å²) in [6.45, 7) is 13.2. The normalized spacial score (nSPS) is 13.6. The lowest BCUT2D eigenvalue weighted by Gasteiger charge is -2.33. The highest BCUT2D eigenvalue weighted by Gasteiger charge is 2.24. The number of anilines is 1. The van der Waals surface area contributed by atoms with Crippen LogP contribution in [-0.2, 0) is 4.74 Å². The Kier molecular flexibility index (Phi) is 8.61. The van der Waals surface area contributed by atoms with E-state index in [0.29, 0.717) is 36.1 Å². The number of likely N-dealkylation sites (N-methyl/N-ethyl adjacent to an activating group) is 1. The molecular formula is C19H32N2O3. The van der Waals surface area contributed by atoms with Crippen molar-refractivity contribution in [2.24, 2.45) is 5.92 Å². The number of benzene rings is 1. The molecule has 136 valence electrons. The number of nitrogen functional groups attached to an aromatic ring is 1. The largest absolute Gasteiger partial charge is 0.493 e. The smallest absolute Gasteiger partial charge is 0.341 e. The highest BCUT2D eigenvalue weighted by molar-refractivity contribution is 5.93. The van der Waals surface area contributed by atoms with Crippen LogP contribution in [0.2, 0.25) is 0 Å². The van der Waals surface area contributed by atoms with Gasteiger partial charge in [-0.1, -0.05) is 34.1 Å². The van der Waals surface area contributed by atoms with E-state index in [9.17, 15) is 4.79 Å². The average molecular weight is 336 g/mol. The van der Waals surface area contributed by atoms with Crippen LogP contribution in [0.4, 0.5) is 5.69 Å². The number of nitrogens with zero attached hydrogens (tertiary/aromatic N) is 1. The maximum atomic E-state index is 12.5. The van der Waals surface area contributed by atoms with Crippen LogP contribution in [0.15, 0.2) is 18.2 Å². The number of ether oxygens (including phenoxy) is 2. The van der Waals surface area contributed by atoms with Crippen LogP contribution < -0.4 is 10.5 Å². The predicted molar refractivity (Wildman–Crippen MR) is 98.5 cm³/mol. The maximum absolute atomic E-state index is 12.5. The number of hydrogen-bond acceptors (Lipinski definition) is 5. The molecule has 1 rings (SSSR count). The van der Waals surface area contributed by atoms with Crippen molar-refractivity contribution in [1.29, 1.82) is 0 Å². The molecular weight excluding hydrogens is 304 g/mol. The molecule has 0 aromatic heterocycles. The molecule has 0 aliphatic heterocycles. The van der Waals surface area contributed by atoms with Crippen LogP contribution in [0.25, 0.3) is 0 Å². The van der Waals surface area contributed by atoms with Gasteiger partial charge in [0, 0.05) is 17.8 Å². The molecule has 5 nitrogen and oxygen atoms in total. The summed E-state index contributed by atoms with van der Waals surface area (Å²) in [6, 6.07) is 5.24. The first-order valence-corrected chi connectivity index (χ1v) is 8.91. The molecule has 0 spiro atoms. The van der Waals surface area contributed by atoms with Crippen LogP contribution in [0.1, 0.15) is 51.4 Å². The Balaban J connectivity index is 2.85. The minimum atomic E-state index is -0.362. The van der Waals surface area contributed by atoms with Gasteiger partial charge in [-0.2, -0.15) is 0 Å². The fourth-order valence-electron chi connectivity index (χ4n) is 2.82. The second-order valence-corrected chi connectivity index (χ2v) is 5.96. The summed E-state index contributed by atoms with van der Waals surface area (Å²) in [5.74, 6) is 0.569. The first-order chi connectivity index (χ1) is 11.5. The Morgan fingerprint density at radius 1 is 1.21 bits per heavy atom. The summed E-state index contributed by atoms with van der Waals surface area (Å²) in [5.41, 5.74) is 6.76. The third-order valence-corrected chi connectivity index (χ3v) is 4.49. The van der Waals surface area contributed by atoms with Gasteiger partial charge in [0.1, 0.15) is 17.9 Å². The summed E-state index contributed by atoms with van der Waals surface area (Å²) in [6.07, 6.45) is 1.05. The van der Waals surface area contributed by atoms with E-state index in [-0.39, 0.29) is 12.0 Å². The second-order valence-electron chi connectivity index (χ2n) is 5.96. The Bertz CT molecular complexity index is 515. The zero-order valence-corrected chi connectivity index (χ0v) is 15.7. The Morgan fingerprint density at radius 2 is 1.88 bits per heavy atom. The van der Waals surface area contributed by atoms with Gasteiger partial charge in [-0.3, -0.25) is 4.90 Å². The van der Waals surface area contributed by atoms with Crippen LogP contribution in [0.5, 0.6) is 5.75 Å². The molecule has 1 aromatic rings. The van der Waals surface area contributed by atoms with E-state index in [1.807, 2.05) is 6.92 Å². The third-order valence-electron chi connectivity index (χ3n) is 4.49. The van der Waals surface area contributed by atoms with E-state index in [1.54, 1.807) is 18.2 Å². The van der Waals surface area contributed by atoms with Gasteiger partial charge in [0.15, 0.2) is 0 Å². The van der Waals surface area contributed by atoms with Gasteiger partial charge in [0.05, 0.1) is 6.61 Å². The van der Waals surface area contributed by atoms with Gasteiger partial charge < -0.3 is 15.2 Å². The van der Waals surface area contributed by atoms with E-state index in [4.69, 9.17) is 15.2 Å². The lowest BCUT2D eigenvalue weighted by Crippen LogP contribution is -2.43. The molecule has 1 aromatic carbocycles. The molecule has 0 saturated heterocycles. The maximum Gasteiger partial charge on any atom is 0.341 e. The second kappa shape index (κ2) is 10.2. The molecule has 5 heteroatoms. The standard InChI is InChI=1S/C19H32N2O3/c1-6-14(5)17(21(7-2)8-3)13-24-19(22)16-11-10-15(20)12-18(16)23-9-4/h10-12,14,17H,6-9,13,20H2,1-5H3/t14?,17-/m1/s1. The molecule has 2 atom stereocenters. The highest BCUT2D eigenvalue weighted by atomic mass is 16.5. The molecule has 0 heterocycles. The average Bonchev–Trinajstić information content (AvgIpc) is 2.58. The van der Waals surface area contributed by atoms with Crippen LogP contribution in [0.3, 0.4) is 0 Å². The minimum absolute atomic E-state index is 0.221.